The van der Waals surface area contributed by atoms with Gasteiger partial charge in [-0.15, -0.1) is 0 Å². The summed E-state index contributed by atoms with van der Waals surface area (Å²) in [5.41, 5.74) is 1.84. The molecule has 1 aromatic carbocycles. The van der Waals surface area contributed by atoms with Gasteiger partial charge in [0.05, 0.1) is 11.5 Å². The van der Waals surface area contributed by atoms with E-state index in [1.54, 1.807) is 4.90 Å². The lowest BCUT2D eigenvalue weighted by molar-refractivity contribution is 0.197. The van der Waals surface area contributed by atoms with E-state index in [0.717, 1.165) is 17.8 Å². The molecule has 1 saturated heterocycles. The molecule has 0 bridgehead atoms. The average molecular weight is 339 g/mol. The van der Waals surface area contributed by atoms with E-state index < -0.39 is 9.84 Å². The van der Waals surface area contributed by atoms with Crippen molar-refractivity contribution >= 4 is 21.6 Å². The molecule has 1 aliphatic rings. The number of carbonyl (C=O) groups excluding carboxylic acids is 1. The van der Waals surface area contributed by atoms with Crippen molar-refractivity contribution in [2.75, 3.05) is 37.5 Å². The summed E-state index contributed by atoms with van der Waals surface area (Å²) in [5.74, 6) is 0.182. The van der Waals surface area contributed by atoms with Gasteiger partial charge in [-0.05, 0) is 45.1 Å². The van der Waals surface area contributed by atoms with Gasteiger partial charge in [0.25, 0.3) is 0 Å². The Morgan fingerprint density at radius 2 is 2.09 bits per heavy atom. The van der Waals surface area contributed by atoms with E-state index in [9.17, 15) is 13.2 Å². The fourth-order valence-corrected chi connectivity index (χ4v) is 4.05. The number of nitrogens with one attached hydrogen (secondary N) is 1. The molecule has 2 rings (SSSR count). The van der Waals surface area contributed by atoms with Gasteiger partial charge in [-0.25, -0.2) is 13.2 Å². The number of hydrogen-bond acceptors (Lipinski definition) is 4. The predicted molar refractivity (Wildman–Crippen MR) is 92.3 cm³/mol. The van der Waals surface area contributed by atoms with Crippen LogP contribution in [0.3, 0.4) is 0 Å². The third kappa shape index (κ3) is 5.21. The zero-order valence-electron chi connectivity index (χ0n) is 13.9. The molecule has 23 heavy (non-hydrogen) atoms. The molecule has 1 aliphatic heterocycles. The minimum atomic E-state index is -3.04. The van der Waals surface area contributed by atoms with Crippen LogP contribution >= 0.6 is 0 Å². The lowest BCUT2D eigenvalue weighted by Crippen LogP contribution is -2.42. The second kappa shape index (κ2) is 7.31. The van der Waals surface area contributed by atoms with Crippen LogP contribution in [-0.4, -0.2) is 62.4 Å². The second-order valence-electron chi connectivity index (χ2n) is 6.35. The van der Waals surface area contributed by atoms with Crippen molar-refractivity contribution in [3.05, 3.63) is 29.8 Å². The zero-order chi connectivity index (χ0) is 17.0. The van der Waals surface area contributed by atoms with Crippen molar-refractivity contribution in [1.29, 1.82) is 0 Å². The summed E-state index contributed by atoms with van der Waals surface area (Å²) in [6.45, 7) is 2.93. The van der Waals surface area contributed by atoms with Crippen LogP contribution < -0.4 is 5.32 Å². The van der Waals surface area contributed by atoms with E-state index in [1.165, 1.54) is 0 Å². The van der Waals surface area contributed by atoms with Crippen molar-refractivity contribution in [2.24, 2.45) is 0 Å². The quantitative estimate of drug-likeness (QED) is 0.911. The normalized spacial score (nSPS) is 21.0. The van der Waals surface area contributed by atoms with Crippen LogP contribution in [0.2, 0.25) is 0 Å². The van der Waals surface area contributed by atoms with Crippen molar-refractivity contribution < 1.29 is 13.2 Å². The number of nitrogens with zero attached hydrogens (tertiary/aromatic N) is 2. The minimum Gasteiger partial charge on any atom is -0.321 e. The van der Waals surface area contributed by atoms with E-state index in [2.05, 4.69) is 10.2 Å². The lowest BCUT2D eigenvalue weighted by atomic mass is 10.2. The highest BCUT2D eigenvalue weighted by molar-refractivity contribution is 7.91. The molecule has 0 saturated carbocycles. The molecule has 0 radical (unpaired) electrons. The maximum Gasteiger partial charge on any atom is 0.322 e. The van der Waals surface area contributed by atoms with Crippen LogP contribution in [0.25, 0.3) is 0 Å². The molecular formula is C16H25N3O3S. The molecule has 1 aromatic rings. The lowest BCUT2D eigenvalue weighted by Gasteiger charge is -2.26. The molecular weight excluding hydrogens is 314 g/mol. The van der Waals surface area contributed by atoms with Crippen molar-refractivity contribution in [3.63, 3.8) is 0 Å². The molecule has 128 valence electrons. The van der Waals surface area contributed by atoms with E-state index in [0.29, 0.717) is 6.42 Å². The van der Waals surface area contributed by atoms with Crippen LogP contribution in [0, 0.1) is 0 Å². The fourth-order valence-electron chi connectivity index (χ4n) is 2.68. The summed E-state index contributed by atoms with van der Waals surface area (Å²) in [6, 6.07) is 7.38. The molecule has 6 nitrogen and oxygen atoms in total. The molecule has 1 heterocycles. The van der Waals surface area contributed by atoms with Crippen LogP contribution in [0.4, 0.5) is 10.5 Å². The molecule has 1 atom stereocenters. The maximum atomic E-state index is 12.5. The van der Waals surface area contributed by atoms with Crippen molar-refractivity contribution in [1.82, 2.24) is 9.80 Å². The van der Waals surface area contributed by atoms with E-state index in [1.807, 2.05) is 45.3 Å². The maximum absolute atomic E-state index is 12.5. The van der Waals surface area contributed by atoms with E-state index >= 15 is 0 Å². The summed E-state index contributed by atoms with van der Waals surface area (Å²) < 4.78 is 23.5. The fraction of sp³-hybridized carbons (Fsp3) is 0.562. The number of sulfone groups is 1. The van der Waals surface area contributed by atoms with Crippen LogP contribution in [0.15, 0.2) is 24.3 Å². The number of hydrogen-bond donors (Lipinski definition) is 1. The first-order valence-corrected chi connectivity index (χ1v) is 9.61. The van der Waals surface area contributed by atoms with Crippen LogP contribution in [0.1, 0.15) is 18.9 Å². The van der Waals surface area contributed by atoms with E-state index in [-0.39, 0.29) is 30.1 Å². The third-order valence-electron chi connectivity index (χ3n) is 3.96. The topological polar surface area (TPSA) is 69.7 Å². The number of benzene rings is 1. The molecule has 0 aliphatic carbocycles. The summed E-state index contributed by atoms with van der Waals surface area (Å²) >= 11 is 0. The number of anilines is 1. The smallest absolute Gasteiger partial charge is 0.321 e. The van der Waals surface area contributed by atoms with Gasteiger partial charge in [0.2, 0.25) is 0 Å². The average Bonchev–Trinajstić information content (AvgIpc) is 2.57. The number of amides is 2. The first-order chi connectivity index (χ1) is 10.8. The molecule has 0 spiro atoms. The SMILES string of the molecule is CC1CCS(=O)(=O)CCN1C(=O)Nc1cccc(CN(C)C)c1. The van der Waals surface area contributed by atoms with Gasteiger partial charge in [-0.2, -0.15) is 0 Å². The molecule has 1 fully saturated rings. The number of rotatable bonds is 3. The number of urea groups is 1. The highest BCUT2D eigenvalue weighted by Crippen LogP contribution is 2.16. The molecule has 1 N–H and O–H groups in total. The van der Waals surface area contributed by atoms with Gasteiger partial charge in [0.15, 0.2) is 9.84 Å². The first kappa shape index (κ1) is 17.7. The van der Waals surface area contributed by atoms with Gasteiger partial charge in [-0.1, -0.05) is 12.1 Å². The third-order valence-corrected chi connectivity index (χ3v) is 5.62. The summed E-state index contributed by atoms with van der Waals surface area (Å²) in [4.78, 5) is 16.2. The van der Waals surface area contributed by atoms with Crippen LogP contribution in [0.5, 0.6) is 0 Å². The van der Waals surface area contributed by atoms with Crippen LogP contribution in [-0.2, 0) is 16.4 Å². The Kier molecular flexibility index (Phi) is 5.64. The minimum absolute atomic E-state index is 0.0332. The Morgan fingerprint density at radius 3 is 2.78 bits per heavy atom. The van der Waals surface area contributed by atoms with Gasteiger partial charge in [0.1, 0.15) is 0 Å². The Morgan fingerprint density at radius 1 is 1.35 bits per heavy atom. The Balaban J connectivity index is 2.06. The van der Waals surface area contributed by atoms with Crippen molar-refractivity contribution in [2.45, 2.75) is 25.9 Å². The van der Waals surface area contributed by atoms with Gasteiger partial charge >= 0.3 is 6.03 Å². The second-order valence-corrected chi connectivity index (χ2v) is 8.65. The molecule has 7 heteroatoms. The summed E-state index contributed by atoms with van der Waals surface area (Å²) in [6.07, 6.45) is 0.483. The standard InChI is InChI=1S/C16H25N3O3S/c1-13-7-9-23(21,22)10-8-19(13)16(20)17-15-6-4-5-14(11-15)12-18(2)3/h4-6,11,13H,7-10,12H2,1-3H3,(H,17,20). The molecule has 0 aromatic heterocycles. The predicted octanol–water partition coefficient (Wildman–Crippen LogP) is 1.79. The first-order valence-electron chi connectivity index (χ1n) is 7.78. The van der Waals surface area contributed by atoms with Crippen molar-refractivity contribution in [3.8, 4) is 0 Å². The highest BCUT2D eigenvalue weighted by Gasteiger charge is 2.27. The summed E-state index contributed by atoms with van der Waals surface area (Å²) in [7, 11) is 0.943. The molecule has 2 amide bonds. The zero-order valence-corrected chi connectivity index (χ0v) is 14.8. The summed E-state index contributed by atoms with van der Waals surface area (Å²) in [5, 5.41) is 2.88. The van der Waals surface area contributed by atoms with E-state index in [4.69, 9.17) is 0 Å². The Labute approximate surface area is 138 Å². The van der Waals surface area contributed by atoms with Gasteiger partial charge in [0, 0.05) is 24.8 Å². The van der Waals surface area contributed by atoms with Gasteiger partial charge < -0.3 is 15.1 Å². The van der Waals surface area contributed by atoms with Gasteiger partial charge in [-0.3, -0.25) is 0 Å². The Bertz CT molecular complexity index is 658. The largest absolute Gasteiger partial charge is 0.322 e. The monoisotopic (exact) mass is 339 g/mol. The highest BCUT2D eigenvalue weighted by atomic mass is 32.2. The molecule has 1 unspecified atom stereocenters. The Hall–Kier alpha value is -1.60. The number of carbonyl (C=O) groups is 1.